The van der Waals surface area contributed by atoms with Crippen LogP contribution in [0.25, 0.3) is 0 Å². The van der Waals surface area contributed by atoms with Crippen molar-refractivity contribution < 1.29 is 30.7 Å². The minimum Gasteiger partial charge on any atom is -0.269 e. The third-order valence-corrected chi connectivity index (χ3v) is 3.12. The first kappa shape index (κ1) is 16.3. The highest BCUT2D eigenvalue weighted by Gasteiger charge is 2.47. The molecule has 0 N–H and O–H groups in total. The molecule has 1 aliphatic heterocycles. The highest BCUT2D eigenvalue weighted by molar-refractivity contribution is 5.09. The summed E-state index contributed by atoms with van der Waals surface area (Å²) in [6, 6.07) is 0. The van der Waals surface area contributed by atoms with Crippen molar-refractivity contribution in [1.29, 1.82) is 0 Å². The van der Waals surface area contributed by atoms with Crippen LogP contribution >= 0.6 is 0 Å². The van der Waals surface area contributed by atoms with Crippen LogP contribution in [-0.4, -0.2) is 36.6 Å². The zero-order valence-corrected chi connectivity index (χ0v) is 10.2. The van der Waals surface area contributed by atoms with Crippen LogP contribution in [-0.2, 0) is 0 Å². The zero-order valence-electron chi connectivity index (χ0n) is 10.2. The number of rotatable bonds is 2. The van der Waals surface area contributed by atoms with E-state index < -0.39 is 42.6 Å². The van der Waals surface area contributed by atoms with E-state index in [9.17, 15) is 30.7 Å². The highest BCUT2D eigenvalue weighted by Crippen LogP contribution is 2.38. The maximum absolute atomic E-state index is 13.7. The summed E-state index contributed by atoms with van der Waals surface area (Å²) in [6.45, 7) is 3.12. The van der Waals surface area contributed by atoms with Gasteiger partial charge in [-0.25, -0.2) is 4.39 Å². The van der Waals surface area contributed by atoms with E-state index in [-0.39, 0.29) is 13.0 Å². The minimum atomic E-state index is -4.95. The van der Waals surface area contributed by atoms with Gasteiger partial charge in [-0.2, -0.15) is 26.3 Å². The molecule has 1 aliphatic rings. The van der Waals surface area contributed by atoms with Gasteiger partial charge in [0.2, 0.25) is 0 Å². The summed E-state index contributed by atoms with van der Waals surface area (Å²) in [5.41, 5.74) is -1.66. The van der Waals surface area contributed by atoms with E-state index in [1.54, 1.807) is 0 Å². The van der Waals surface area contributed by atoms with Gasteiger partial charge in [-0.3, -0.25) is 4.90 Å². The second kappa shape index (κ2) is 5.30. The molecule has 0 bridgehead atoms. The lowest BCUT2D eigenvalue weighted by Gasteiger charge is -2.39. The number of hydrogen-bond donors (Lipinski definition) is 0. The lowest BCUT2D eigenvalue weighted by Crippen LogP contribution is -2.49. The van der Waals surface area contributed by atoms with Crippen molar-refractivity contribution in [2.75, 3.05) is 13.1 Å². The number of halogens is 7. The molecule has 0 aromatic heterocycles. The largest absolute Gasteiger partial charge is 0.416 e. The van der Waals surface area contributed by atoms with Gasteiger partial charge in [0.1, 0.15) is 0 Å². The van der Waals surface area contributed by atoms with Crippen molar-refractivity contribution in [3.05, 3.63) is 12.2 Å². The Balaban J connectivity index is 2.80. The van der Waals surface area contributed by atoms with Gasteiger partial charge in [-0.05, 0) is 12.3 Å². The summed E-state index contributed by atoms with van der Waals surface area (Å²) < 4.78 is 88.3. The van der Waals surface area contributed by atoms with Gasteiger partial charge in [0.05, 0.1) is 11.5 Å². The molecule has 8 heteroatoms. The number of alkyl halides is 7. The molecular weight excluding hydrogens is 279 g/mol. The lowest BCUT2D eigenvalue weighted by atomic mass is 9.89. The topological polar surface area (TPSA) is 3.24 Å². The van der Waals surface area contributed by atoms with E-state index in [1.165, 1.54) is 6.92 Å². The molecule has 1 saturated heterocycles. The van der Waals surface area contributed by atoms with Gasteiger partial charge in [0.25, 0.3) is 0 Å². The molecule has 0 aromatic carbocycles. The number of nitrogens with zero attached hydrogens (tertiary/aromatic N) is 1. The summed E-state index contributed by atoms with van der Waals surface area (Å²) in [7, 11) is 0. The normalized spacial score (nSPS) is 28.2. The Morgan fingerprint density at radius 3 is 2.11 bits per heavy atom. The lowest BCUT2D eigenvalue weighted by molar-refractivity contribution is -0.197. The van der Waals surface area contributed by atoms with Crippen molar-refractivity contribution in [1.82, 2.24) is 4.90 Å². The van der Waals surface area contributed by atoms with E-state index in [2.05, 4.69) is 6.58 Å². The monoisotopic (exact) mass is 293 g/mol. The summed E-state index contributed by atoms with van der Waals surface area (Å²) in [6.07, 6.45) is -12.3. The molecule has 112 valence electrons. The average Bonchev–Trinajstić information content (AvgIpc) is 2.23. The van der Waals surface area contributed by atoms with Crippen molar-refractivity contribution in [3.8, 4) is 0 Å². The Hall–Kier alpha value is -0.790. The molecule has 3 unspecified atom stereocenters. The predicted molar refractivity (Wildman–Crippen MR) is 55.0 cm³/mol. The fourth-order valence-corrected chi connectivity index (χ4v) is 2.17. The molecule has 0 spiro atoms. The Labute approximate surface area is 106 Å². The van der Waals surface area contributed by atoms with E-state index in [0.717, 1.165) is 0 Å². The Bertz CT molecular complexity index is 333. The standard InChI is InChI=1S/C11H14F7N/c1-6-3-8(11(16,17)18)5-19(4-6)9(12)7(2)10(13,14)15/h6,8-9H,2-5H2,1H3. The molecule has 19 heavy (non-hydrogen) atoms. The first-order chi connectivity index (χ1) is 8.43. The number of likely N-dealkylation sites (tertiary alicyclic amines) is 1. The van der Waals surface area contributed by atoms with Crippen LogP contribution in [0.1, 0.15) is 13.3 Å². The van der Waals surface area contributed by atoms with E-state index in [4.69, 9.17) is 0 Å². The second-order valence-corrected chi connectivity index (χ2v) is 4.89. The third kappa shape index (κ3) is 4.09. The summed E-state index contributed by atoms with van der Waals surface area (Å²) in [4.78, 5) is 0.558. The van der Waals surface area contributed by atoms with Crippen molar-refractivity contribution in [2.24, 2.45) is 11.8 Å². The van der Waals surface area contributed by atoms with Crippen LogP contribution < -0.4 is 0 Å². The van der Waals surface area contributed by atoms with Gasteiger partial charge in [-0.15, -0.1) is 0 Å². The smallest absolute Gasteiger partial charge is 0.269 e. The van der Waals surface area contributed by atoms with Crippen molar-refractivity contribution >= 4 is 0 Å². The predicted octanol–water partition coefficient (Wildman–Crippen LogP) is 3.92. The molecule has 0 saturated carbocycles. The molecule has 0 amide bonds. The molecule has 1 nitrogen and oxygen atoms in total. The van der Waals surface area contributed by atoms with Crippen LogP contribution in [0.5, 0.6) is 0 Å². The highest BCUT2D eigenvalue weighted by atomic mass is 19.4. The third-order valence-electron chi connectivity index (χ3n) is 3.12. The number of piperidine rings is 1. The van der Waals surface area contributed by atoms with Crippen molar-refractivity contribution in [3.63, 3.8) is 0 Å². The maximum atomic E-state index is 13.7. The molecule has 0 aromatic rings. The van der Waals surface area contributed by atoms with Gasteiger partial charge in [0, 0.05) is 13.1 Å². The molecule has 0 aliphatic carbocycles. The maximum Gasteiger partial charge on any atom is 0.416 e. The minimum absolute atomic E-state index is 0.150. The molecular formula is C11H14F7N. The second-order valence-electron chi connectivity index (χ2n) is 4.89. The Kier molecular flexibility index (Phi) is 4.54. The Morgan fingerprint density at radius 2 is 1.68 bits per heavy atom. The molecule has 1 fully saturated rings. The number of hydrogen-bond acceptors (Lipinski definition) is 1. The molecule has 3 atom stereocenters. The summed E-state index contributed by atoms with van der Waals surface area (Å²) in [5, 5.41) is 0. The van der Waals surface area contributed by atoms with Gasteiger partial charge < -0.3 is 0 Å². The molecule has 0 radical (unpaired) electrons. The Morgan fingerprint density at radius 1 is 1.16 bits per heavy atom. The van der Waals surface area contributed by atoms with Crippen LogP contribution in [0.2, 0.25) is 0 Å². The van der Waals surface area contributed by atoms with Gasteiger partial charge in [0.15, 0.2) is 6.30 Å². The fourth-order valence-electron chi connectivity index (χ4n) is 2.17. The van der Waals surface area contributed by atoms with Crippen molar-refractivity contribution in [2.45, 2.75) is 32.0 Å². The summed E-state index contributed by atoms with van der Waals surface area (Å²) >= 11 is 0. The summed E-state index contributed by atoms with van der Waals surface area (Å²) in [5.74, 6) is -2.34. The van der Waals surface area contributed by atoms with Gasteiger partial charge >= 0.3 is 12.4 Å². The van der Waals surface area contributed by atoms with Gasteiger partial charge in [-0.1, -0.05) is 13.5 Å². The fraction of sp³-hybridized carbons (Fsp3) is 0.818. The average molecular weight is 293 g/mol. The first-order valence-electron chi connectivity index (χ1n) is 5.63. The van der Waals surface area contributed by atoms with E-state index >= 15 is 0 Å². The van der Waals surface area contributed by atoms with Crippen LogP contribution in [0.3, 0.4) is 0 Å². The quantitative estimate of drug-likeness (QED) is 0.424. The SMILES string of the molecule is C=C(C(F)N1CC(C)CC(C(F)(F)F)C1)C(F)(F)F. The zero-order chi connectivity index (χ0) is 15.0. The van der Waals surface area contributed by atoms with Crippen LogP contribution in [0, 0.1) is 11.8 Å². The van der Waals surface area contributed by atoms with Crippen LogP contribution in [0.15, 0.2) is 12.2 Å². The van der Waals surface area contributed by atoms with Crippen LogP contribution in [0.4, 0.5) is 30.7 Å². The van der Waals surface area contributed by atoms with E-state index in [1.807, 2.05) is 0 Å². The molecule has 1 heterocycles. The first-order valence-corrected chi connectivity index (χ1v) is 5.63. The van der Waals surface area contributed by atoms with E-state index in [0.29, 0.717) is 4.90 Å². The molecule has 1 rings (SSSR count).